The molecule has 0 aliphatic heterocycles. The molecule has 1 N–H and O–H groups in total. The second kappa shape index (κ2) is 6.41. The van der Waals surface area contributed by atoms with E-state index in [0.717, 1.165) is 26.8 Å². The topological polar surface area (TPSA) is 38.0 Å². The highest BCUT2D eigenvalue weighted by Crippen LogP contribution is 2.35. The van der Waals surface area contributed by atoms with Crippen LogP contribution in [0.2, 0.25) is 5.02 Å². The summed E-state index contributed by atoms with van der Waals surface area (Å²) in [4.78, 5) is 0. The van der Waals surface area contributed by atoms with Crippen LogP contribution in [0.25, 0.3) is 0 Å². The Balaban J connectivity index is 2.39. The van der Waals surface area contributed by atoms with E-state index in [1.54, 1.807) is 13.0 Å². The molecule has 0 fully saturated rings. The smallest absolute Gasteiger partial charge is 0.0938 e. The van der Waals surface area contributed by atoms with Crippen LogP contribution in [0.3, 0.4) is 0 Å². The van der Waals surface area contributed by atoms with Crippen molar-refractivity contribution in [2.45, 2.75) is 32.3 Å². The van der Waals surface area contributed by atoms with Crippen LogP contribution in [-0.2, 0) is 25.5 Å². The summed E-state index contributed by atoms with van der Waals surface area (Å²) in [5.41, 5.74) is 1.58. The first kappa shape index (κ1) is 17.0. The molecule has 3 nitrogen and oxygen atoms in total. The van der Waals surface area contributed by atoms with Gasteiger partial charge in [0.05, 0.1) is 21.5 Å². The fourth-order valence-corrected chi connectivity index (χ4v) is 3.99. The Morgan fingerprint density at radius 3 is 2.57 bits per heavy atom. The fraction of sp³-hybridized carbons (Fsp3) is 0.400. The Bertz CT molecular complexity index is 668. The van der Waals surface area contributed by atoms with Crippen LogP contribution in [0.4, 0.5) is 0 Å². The number of nitrogens with zero attached hydrogens (tertiary/aromatic N) is 2. The lowest BCUT2D eigenvalue weighted by molar-refractivity contribution is 0.0555. The van der Waals surface area contributed by atoms with Crippen molar-refractivity contribution in [2.75, 3.05) is 0 Å². The van der Waals surface area contributed by atoms with Gasteiger partial charge in [-0.1, -0.05) is 40.5 Å². The number of aliphatic hydroxyl groups is 1. The van der Waals surface area contributed by atoms with Gasteiger partial charge in [0, 0.05) is 28.5 Å². The van der Waals surface area contributed by atoms with E-state index < -0.39 is 5.60 Å². The van der Waals surface area contributed by atoms with Crippen molar-refractivity contribution in [3.8, 4) is 0 Å². The zero-order chi connectivity index (χ0) is 15.8. The number of halogens is 3. The summed E-state index contributed by atoms with van der Waals surface area (Å²) >= 11 is 13.2. The third kappa shape index (κ3) is 3.52. The molecule has 0 aliphatic rings. The molecule has 0 amide bonds. The third-order valence-corrected chi connectivity index (χ3v) is 5.25. The standard InChI is InChI=1S/C15H17Br2ClN2O/c1-4-12-14(17)13(20(3)19-12)8-15(2,21)10-6-5-9(16)7-11(10)18/h5-7,21H,4,8H2,1-3H3. The summed E-state index contributed by atoms with van der Waals surface area (Å²) in [6, 6.07) is 5.52. The summed E-state index contributed by atoms with van der Waals surface area (Å²) in [5, 5.41) is 15.9. The molecule has 21 heavy (non-hydrogen) atoms. The molecule has 1 atom stereocenters. The Labute approximate surface area is 146 Å². The molecule has 6 heteroatoms. The van der Waals surface area contributed by atoms with E-state index in [2.05, 4.69) is 43.9 Å². The number of aryl methyl sites for hydroxylation is 2. The molecule has 1 aromatic carbocycles. The lowest BCUT2D eigenvalue weighted by atomic mass is 9.91. The van der Waals surface area contributed by atoms with Crippen LogP contribution >= 0.6 is 43.5 Å². The van der Waals surface area contributed by atoms with E-state index in [1.165, 1.54) is 0 Å². The van der Waals surface area contributed by atoms with Gasteiger partial charge in [0.25, 0.3) is 0 Å². The van der Waals surface area contributed by atoms with Gasteiger partial charge in [-0.05, 0) is 41.4 Å². The molecule has 0 saturated heterocycles. The normalized spacial score (nSPS) is 14.2. The molecule has 114 valence electrons. The molecule has 2 rings (SSSR count). The summed E-state index contributed by atoms with van der Waals surface area (Å²) in [6.45, 7) is 3.83. The van der Waals surface area contributed by atoms with Gasteiger partial charge in [-0.2, -0.15) is 5.10 Å². The van der Waals surface area contributed by atoms with Crippen molar-refractivity contribution in [3.05, 3.63) is 49.1 Å². The molecule has 0 saturated carbocycles. The van der Waals surface area contributed by atoms with Crippen molar-refractivity contribution in [1.82, 2.24) is 9.78 Å². The Hall–Kier alpha value is -0.360. The maximum Gasteiger partial charge on any atom is 0.0938 e. The number of benzene rings is 1. The van der Waals surface area contributed by atoms with Gasteiger partial charge in [-0.15, -0.1) is 0 Å². The first-order valence-corrected chi connectivity index (χ1v) is 8.60. The highest BCUT2D eigenvalue weighted by Gasteiger charge is 2.29. The quantitative estimate of drug-likeness (QED) is 0.760. The zero-order valence-electron chi connectivity index (χ0n) is 12.1. The van der Waals surface area contributed by atoms with Crippen molar-refractivity contribution in [2.24, 2.45) is 7.05 Å². The highest BCUT2D eigenvalue weighted by atomic mass is 79.9. The monoisotopic (exact) mass is 434 g/mol. The first-order valence-electron chi connectivity index (χ1n) is 6.64. The Kier molecular flexibility index (Phi) is 5.19. The minimum atomic E-state index is -1.07. The average Bonchev–Trinajstić information content (AvgIpc) is 2.65. The van der Waals surface area contributed by atoms with Gasteiger partial charge in [-0.3, -0.25) is 4.68 Å². The predicted octanol–water partition coefficient (Wildman–Crippen LogP) is 4.61. The SMILES string of the molecule is CCc1nn(C)c(CC(C)(O)c2ccc(Br)cc2Cl)c1Br. The van der Waals surface area contributed by atoms with Crippen LogP contribution in [0.5, 0.6) is 0 Å². The van der Waals surface area contributed by atoms with Crippen molar-refractivity contribution in [3.63, 3.8) is 0 Å². The minimum Gasteiger partial charge on any atom is -0.385 e. The van der Waals surface area contributed by atoms with E-state index in [1.807, 2.05) is 23.9 Å². The molecule has 0 bridgehead atoms. The molecule has 0 radical (unpaired) electrons. The largest absolute Gasteiger partial charge is 0.385 e. The molecule has 1 unspecified atom stereocenters. The van der Waals surface area contributed by atoms with Crippen molar-refractivity contribution < 1.29 is 5.11 Å². The van der Waals surface area contributed by atoms with E-state index in [0.29, 0.717) is 17.0 Å². The minimum absolute atomic E-state index is 0.429. The van der Waals surface area contributed by atoms with Crippen LogP contribution in [0, 0.1) is 0 Å². The molecule has 1 aromatic heterocycles. The highest BCUT2D eigenvalue weighted by molar-refractivity contribution is 9.10. The fourth-order valence-electron chi connectivity index (χ4n) is 2.36. The average molecular weight is 437 g/mol. The molecule has 0 spiro atoms. The molecule has 2 aromatic rings. The summed E-state index contributed by atoms with van der Waals surface area (Å²) in [7, 11) is 1.89. The number of hydrogen-bond donors (Lipinski definition) is 1. The summed E-state index contributed by atoms with van der Waals surface area (Å²) < 4.78 is 3.66. The molecular weight excluding hydrogens is 419 g/mol. The Morgan fingerprint density at radius 1 is 1.38 bits per heavy atom. The van der Waals surface area contributed by atoms with Crippen LogP contribution in [0.15, 0.2) is 27.1 Å². The van der Waals surface area contributed by atoms with Gasteiger partial charge >= 0.3 is 0 Å². The maximum atomic E-state index is 10.9. The zero-order valence-corrected chi connectivity index (χ0v) is 16.0. The van der Waals surface area contributed by atoms with Crippen LogP contribution in [-0.4, -0.2) is 14.9 Å². The molecule has 0 aliphatic carbocycles. The second-order valence-electron chi connectivity index (χ2n) is 5.26. The van der Waals surface area contributed by atoms with Gasteiger partial charge < -0.3 is 5.11 Å². The van der Waals surface area contributed by atoms with Crippen LogP contribution in [0.1, 0.15) is 30.8 Å². The molecule has 1 heterocycles. The van der Waals surface area contributed by atoms with Crippen molar-refractivity contribution >= 4 is 43.5 Å². The van der Waals surface area contributed by atoms with Gasteiger partial charge in [0.2, 0.25) is 0 Å². The predicted molar refractivity (Wildman–Crippen MR) is 92.7 cm³/mol. The van der Waals surface area contributed by atoms with E-state index >= 15 is 0 Å². The second-order valence-corrected chi connectivity index (χ2v) is 7.38. The number of hydrogen-bond acceptors (Lipinski definition) is 2. The molecular formula is C15H17Br2ClN2O. The van der Waals surface area contributed by atoms with Gasteiger partial charge in [0.1, 0.15) is 0 Å². The lowest BCUT2D eigenvalue weighted by Gasteiger charge is -2.25. The van der Waals surface area contributed by atoms with Gasteiger partial charge in [-0.25, -0.2) is 0 Å². The third-order valence-electron chi connectivity index (χ3n) is 3.53. The maximum absolute atomic E-state index is 10.9. The number of aromatic nitrogens is 2. The van der Waals surface area contributed by atoms with E-state index in [4.69, 9.17) is 11.6 Å². The first-order chi connectivity index (χ1) is 9.76. The number of rotatable bonds is 4. The summed E-state index contributed by atoms with van der Waals surface area (Å²) in [6.07, 6.45) is 1.27. The van der Waals surface area contributed by atoms with E-state index in [9.17, 15) is 5.11 Å². The van der Waals surface area contributed by atoms with Crippen molar-refractivity contribution in [1.29, 1.82) is 0 Å². The van der Waals surface area contributed by atoms with Crippen LogP contribution < -0.4 is 0 Å². The van der Waals surface area contributed by atoms with Gasteiger partial charge in [0.15, 0.2) is 0 Å². The van der Waals surface area contributed by atoms with E-state index in [-0.39, 0.29) is 0 Å². The summed E-state index contributed by atoms with van der Waals surface area (Å²) in [5.74, 6) is 0. The Morgan fingerprint density at radius 2 is 2.05 bits per heavy atom. The lowest BCUT2D eigenvalue weighted by Crippen LogP contribution is -2.26.